The number of carbonyl (C=O) groups is 3. The summed E-state index contributed by atoms with van der Waals surface area (Å²) in [6, 6.07) is 21.2. The first-order valence-corrected chi connectivity index (χ1v) is 11.4. The molecular formula is C27H22ClN5O3. The van der Waals surface area contributed by atoms with Crippen LogP contribution in [0.25, 0.3) is 10.9 Å². The fourth-order valence-corrected chi connectivity index (χ4v) is 3.57. The number of aromatic nitrogens is 1. The molecule has 1 aromatic heterocycles. The SMILES string of the molecule is Cc1ccc(NC(=O)c2ccccc2NC(=O)C(=O)N/N=C/c2cc3ccc(C)cc3nc2Cl)cc1. The summed E-state index contributed by atoms with van der Waals surface area (Å²) in [5, 5.41) is 10.1. The minimum Gasteiger partial charge on any atom is -0.322 e. The van der Waals surface area contributed by atoms with Crippen LogP contribution in [0.1, 0.15) is 27.0 Å². The molecule has 3 N–H and O–H groups in total. The van der Waals surface area contributed by atoms with Crippen molar-refractivity contribution in [2.75, 3.05) is 10.6 Å². The Balaban J connectivity index is 1.41. The van der Waals surface area contributed by atoms with E-state index in [1.165, 1.54) is 12.3 Å². The summed E-state index contributed by atoms with van der Waals surface area (Å²) in [6.07, 6.45) is 1.31. The van der Waals surface area contributed by atoms with E-state index in [0.29, 0.717) is 11.3 Å². The Labute approximate surface area is 212 Å². The molecule has 9 heteroatoms. The fraction of sp³-hybridized carbons (Fsp3) is 0.0741. The maximum Gasteiger partial charge on any atom is 0.329 e. The van der Waals surface area contributed by atoms with Gasteiger partial charge in [0.2, 0.25) is 0 Å². The van der Waals surface area contributed by atoms with Gasteiger partial charge in [-0.2, -0.15) is 5.10 Å². The van der Waals surface area contributed by atoms with Crippen molar-refractivity contribution in [3.8, 4) is 0 Å². The van der Waals surface area contributed by atoms with E-state index in [9.17, 15) is 14.4 Å². The molecule has 0 spiro atoms. The Kier molecular flexibility index (Phi) is 7.36. The minimum atomic E-state index is -1.01. The van der Waals surface area contributed by atoms with Crippen molar-refractivity contribution in [1.82, 2.24) is 10.4 Å². The topological polar surface area (TPSA) is 113 Å². The second-order valence-corrected chi connectivity index (χ2v) is 8.44. The van der Waals surface area contributed by atoms with E-state index in [-0.39, 0.29) is 16.4 Å². The zero-order chi connectivity index (χ0) is 25.7. The van der Waals surface area contributed by atoms with Gasteiger partial charge in [0.25, 0.3) is 5.91 Å². The number of para-hydroxylation sites is 1. The highest BCUT2D eigenvalue weighted by Gasteiger charge is 2.18. The zero-order valence-corrected chi connectivity index (χ0v) is 20.3. The maximum absolute atomic E-state index is 12.7. The monoisotopic (exact) mass is 499 g/mol. The Bertz CT molecular complexity index is 1500. The number of rotatable bonds is 5. The van der Waals surface area contributed by atoms with E-state index < -0.39 is 17.7 Å². The van der Waals surface area contributed by atoms with Crippen LogP contribution in [0, 0.1) is 13.8 Å². The molecule has 0 fully saturated rings. The third-order valence-corrected chi connectivity index (χ3v) is 5.56. The second kappa shape index (κ2) is 10.8. The molecule has 0 saturated carbocycles. The van der Waals surface area contributed by atoms with Crippen molar-refractivity contribution in [3.63, 3.8) is 0 Å². The molecule has 0 bridgehead atoms. The van der Waals surface area contributed by atoms with E-state index in [4.69, 9.17) is 11.6 Å². The first kappa shape index (κ1) is 24.6. The van der Waals surface area contributed by atoms with Crippen molar-refractivity contribution < 1.29 is 14.4 Å². The Morgan fingerprint density at radius 1 is 0.861 bits per heavy atom. The molecular weight excluding hydrogens is 478 g/mol. The number of carbonyl (C=O) groups excluding carboxylic acids is 3. The van der Waals surface area contributed by atoms with Gasteiger partial charge in [0.15, 0.2) is 0 Å². The molecule has 180 valence electrons. The van der Waals surface area contributed by atoms with E-state index in [2.05, 4.69) is 26.1 Å². The molecule has 36 heavy (non-hydrogen) atoms. The highest BCUT2D eigenvalue weighted by Crippen LogP contribution is 2.21. The molecule has 0 atom stereocenters. The van der Waals surface area contributed by atoms with Crippen molar-refractivity contribution in [2.45, 2.75) is 13.8 Å². The van der Waals surface area contributed by atoms with Crippen LogP contribution >= 0.6 is 11.6 Å². The van der Waals surface area contributed by atoms with Crippen LogP contribution in [-0.2, 0) is 9.59 Å². The summed E-state index contributed by atoms with van der Waals surface area (Å²) in [6.45, 7) is 3.90. The number of benzene rings is 3. The van der Waals surface area contributed by atoms with Gasteiger partial charge >= 0.3 is 11.8 Å². The number of nitrogens with one attached hydrogen (secondary N) is 3. The molecule has 0 aliphatic rings. The van der Waals surface area contributed by atoms with Crippen molar-refractivity contribution in [1.29, 1.82) is 0 Å². The van der Waals surface area contributed by atoms with Crippen LogP contribution < -0.4 is 16.1 Å². The van der Waals surface area contributed by atoms with Gasteiger partial charge in [-0.15, -0.1) is 0 Å². The predicted molar refractivity (Wildman–Crippen MR) is 141 cm³/mol. The average molecular weight is 500 g/mol. The van der Waals surface area contributed by atoms with Gasteiger partial charge < -0.3 is 10.6 Å². The molecule has 3 amide bonds. The Morgan fingerprint density at radius 2 is 1.58 bits per heavy atom. The Morgan fingerprint density at radius 3 is 2.36 bits per heavy atom. The highest BCUT2D eigenvalue weighted by molar-refractivity contribution is 6.40. The summed E-state index contributed by atoms with van der Waals surface area (Å²) in [5.41, 5.74) is 6.49. The van der Waals surface area contributed by atoms with Crippen LogP contribution in [0.4, 0.5) is 11.4 Å². The van der Waals surface area contributed by atoms with Crippen molar-refractivity contribution in [3.05, 3.63) is 100 Å². The van der Waals surface area contributed by atoms with Gasteiger partial charge in [-0.05, 0) is 55.8 Å². The fourth-order valence-electron chi connectivity index (χ4n) is 3.38. The lowest BCUT2D eigenvalue weighted by atomic mass is 10.1. The first-order valence-electron chi connectivity index (χ1n) is 11.0. The lowest BCUT2D eigenvalue weighted by Gasteiger charge is -2.11. The lowest BCUT2D eigenvalue weighted by molar-refractivity contribution is -0.136. The molecule has 0 aliphatic heterocycles. The number of hydrazone groups is 1. The van der Waals surface area contributed by atoms with Crippen LogP contribution in [0.5, 0.6) is 0 Å². The molecule has 3 aromatic carbocycles. The number of fused-ring (bicyclic) bond motifs is 1. The number of pyridine rings is 1. The largest absolute Gasteiger partial charge is 0.329 e. The number of nitrogens with zero attached hydrogens (tertiary/aromatic N) is 2. The van der Waals surface area contributed by atoms with E-state index in [0.717, 1.165) is 22.0 Å². The third kappa shape index (κ3) is 5.92. The summed E-state index contributed by atoms with van der Waals surface area (Å²) in [4.78, 5) is 41.8. The van der Waals surface area contributed by atoms with E-state index in [1.54, 1.807) is 36.4 Å². The molecule has 8 nitrogen and oxygen atoms in total. The molecule has 0 saturated heterocycles. The molecule has 1 heterocycles. The van der Waals surface area contributed by atoms with Crippen LogP contribution in [0.3, 0.4) is 0 Å². The zero-order valence-electron chi connectivity index (χ0n) is 19.5. The predicted octanol–water partition coefficient (Wildman–Crippen LogP) is 4.85. The van der Waals surface area contributed by atoms with Gasteiger partial charge in [0, 0.05) is 16.6 Å². The number of halogens is 1. The van der Waals surface area contributed by atoms with Gasteiger partial charge in [0.1, 0.15) is 5.15 Å². The van der Waals surface area contributed by atoms with E-state index >= 15 is 0 Å². The van der Waals surface area contributed by atoms with Crippen LogP contribution in [-0.4, -0.2) is 28.9 Å². The standard InChI is InChI=1S/C27H22ClN5O3/c1-16-8-11-20(12-9-16)30-25(34)21-5-3-4-6-22(21)32-26(35)27(36)33-29-15-19-14-18-10-7-17(2)13-23(18)31-24(19)28/h3-15H,1-2H3,(H,30,34)(H,32,35)(H,33,36)/b29-15+. The molecule has 4 rings (SSSR count). The van der Waals surface area contributed by atoms with E-state index in [1.807, 2.05) is 44.2 Å². The highest BCUT2D eigenvalue weighted by atomic mass is 35.5. The normalized spacial score (nSPS) is 10.9. The van der Waals surface area contributed by atoms with Crippen LogP contribution in [0.2, 0.25) is 5.15 Å². The van der Waals surface area contributed by atoms with Gasteiger partial charge in [-0.1, -0.05) is 53.6 Å². The van der Waals surface area contributed by atoms with Gasteiger partial charge in [-0.3, -0.25) is 14.4 Å². The molecule has 4 aromatic rings. The molecule has 0 radical (unpaired) electrons. The molecule has 0 aliphatic carbocycles. The molecule has 0 unspecified atom stereocenters. The smallest absolute Gasteiger partial charge is 0.322 e. The third-order valence-electron chi connectivity index (χ3n) is 5.26. The number of amides is 3. The maximum atomic E-state index is 12.7. The van der Waals surface area contributed by atoms with Gasteiger partial charge in [-0.25, -0.2) is 10.4 Å². The minimum absolute atomic E-state index is 0.184. The van der Waals surface area contributed by atoms with Crippen LogP contribution in [0.15, 0.2) is 77.9 Å². The average Bonchev–Trinajstić information content (AvgIpc) is 2.86. The number of aryl methyl sites for hydroxylation is 2. The summed E-state index contributed by atoms with van der Waals surface area (Å²) >= 11 is 6.22. The van der Waals surface area contributed by atoms with Gasteiger partial charge in [0.05, 0.1) is 23.0 Å². The first-order chi connectivity index (χ1) is 17.3. The quantitative estimate of drug-likeness (QED) is 0.158. The summed E-state index contributed by atoms with van der Waals surface area (Å²) < 4.78 is 0. The summed E-state index contributed by atoms with van der Waals surface area (Å²) in [7, 11) is 0. The Hall–Kier alpha value is -4.56. The number of hydrogen-bond acceptors (Lipinski definition) is 5. The number of hydrogen-bond donors (Lipinski definition) is 3. The lowest BCUT2D eigenvalue weighted by Crippen LogP contribution is -2.33. The summed E-state index contributed by atoms with van der Waals surface area (Å²) in [5.74, 6) is -2.43. The van der Waals surface area contributed by atoms with Crippen molar-refractivity contribution in [2.24, 2.45) is 5.10 Å². The van der Waals surface area contributed by atoms with Crippen molar-refractivity contribution >= 4 is 57.8 Å². The number of anilines is 2. The second-order valence-electron chi connectivity index (χ2n) is 8.08.